The fraction of sp³-hybridized carbons (Fsp3) is 0.385. The number of nitrogens with one attached hydrogen (secondary N) is 1. The molecule has 4 rings (SSSR count). The van der Waals surface area contributed by atoms with Gasteiger partial charge in [-0.05, 0) is 55.3 Å². The van der Waals surface area contributed by atoms with E-state index in [1.54, 1.807) is 36.0 Å². The first kappa shape index (κ1) is 27.2. The Morgan fingerprint density at radius 3 is 2.61 bits per heavy atom. The molecule has 0 saturated heterocycles. The van der Waals surface area contributed by atoms with Crippen LogP contribution in [0.1, 0.15) is 44.0 Å². The van der Waals surface area contributed by atoms with Crippen molar-refractivity contribution in [2.24, 2.45) is 5.92 Å². The zero-order chi connectivity index (χ0) is 27.4. The van der Waals surface area contributed by atoms with Crippen LogP contribution in [0.25, 0.3) is 5.69 Å². The van der Waals surface area contributed by atoms with E-state index < -0.39 is 39.6 Å². The molecule has 38 heavy (non-hydrogen) atoms. The monoisotopic (exact) mass is 543 g/mol. The minimum atomic E-state index is -3.53. The van der Waals surface area contributed by atoms with Crippen LogP contribution in [-0.4, -0.2) is 54.6 Å². The topological polar surface area (TPSA) is 123 Å². The lowest BCUT2D eigenvalue weighted by Gasteiger charge is -2.33. The van der Waals surface area contributed by atoms with Crippen molar-refractivity contribution in [3.8, 4) is 5.69 Å². The van der Waals surface area contributed by atoms with E-state index in [4.69, 9.17) is 4.74 Å². The number of rotatable bonds is 8. The number of urea groups is 1. The number of anilines is 1. The average molecular weight is 544 g/mol. The third-order valence-electron chi connectivity index (χ3n) is 6.33. The summed E-state index contributed by atoms with van der Waals surface area (Å²) >= 11 is 0. The van der Waals surface area contributed by atoms with Crippen molar-refractivity contribution in [1.29, 1.82) is 0 Å². The van der Waals surface area contributed by atoms with E-state index in [9.17, 15) is 22.4 Å². The van der Waals surface area contributed by atoms with E-state index in [0.29, 0.717) is 29.1 Å². The summed E-state index contributed by atoms with van der Waals surface area (Å²) in [6.45, 7) is 3.96. The molecule has 0 spiro atoms. The molecule has 0 bridgehead atoms. The summed E-state index contributed by atoms with van der Waals surface area (Å²) in [6.07, 6.45) is 5.59. The molecular formula is C26H30FN5O5S. The smallest absolute Gasteiger partial charge is 0.322 e. The molecule has 3 aromatic rings. The Morgan fingerprint density at radius 1 is 1.21 bits per heavy atom. The highest BCUT2D eigenvalue weighted by atomic mass is 32.2. The van der Waals surface area contributed by atoms with Crippen LogP contribution in [-0.2, 0) is 25.8 Å². The lowest BCUT2D eigenvalue weighted by Crippen LogP contribution is -2.48. The number of esters is 1. The summed E-state index contributed by atoms with van der Waals surface area (Å²) in [6, 6.07) is 7.95. The van der Waals surface area contributed by atoms with E-state index in [1.807, 2.05) is 6.92 Å². The van der Waals surface area contributed by atoms with Crippen LogP contribution < -0.4 is 10.2 Å². The number of aromatic nitrogens is 3. The molecule has 2 unspecified atom stereocenters. The molecule has 0 fully saturated rings. The zero-order valence-corrected chi connectivity index (χ0v) is 22.2. The Balaban J connectivity index is 1.68. The Kier molecular flexibility index (Phi) is 8.10. The van der Waals surface area contributed by atoms with Gasteiger partial charge in [0.2, 0.25) is 0 Å². The molecule has 12 heteroatoms. The number of hydrogen-bond donors (Lipinski definition) is 1. The van der Waals surface area contributed by atoms with Gasteiger partial charge in [-0.1, -0.05) is 13.3 Å². The molecule has 2 atom stereocenters. The van der Waals surface area contributed by atoms with Crippen molar-refractivity contribution >= 4 is 27.5 Å². The number of pyridine rings is 1. The lowest BCUT2D eigenvalue weighted by molar-refractivity contribution is -0.147. The number of amides is 2. The first-order valence-electron chi connectivity index (χ1n) is 12.4. The molecule has 1 aromatic carbocycles. The second kappa shape index (κ2) is 11.3. The van der Waals surface area contributed by atoms with Gasteiger partial charge in [-0.3, -0.25) is 9.69 Å². The maximum Gasteiger partial charge on any atom is 0.322 e. The third kappa shape index (κ3) is 5.85. The normalized spacial score (nSPS) is 16.0. The second-order valence-electron chi connectivity index (χ2n) is 9.12. The largest absolute Gasteiger partial charge is 0.466 e. The van der Waals surface area contributed by atoms with Gasteiger partial charge in [0.15, 0.2) is 14.9 Å². The Labute approximate surface area is 220 Å². The van der Waals surface area contributed by atoms with Gasteiger partial charge in [0, 0.05) is 25.4 Å². The number of hydrogen-bond acceptors (Lipinski definition) is 7. The van der Waals surface area contributed by atoms with Gasteiger partial charge in [0.05, 0.1) is 41.8 Å². The molecule has 0 aliphatic carbocycles. The van der Waals surface area contributed by atoms with E-state index in [-0.39, 0.29) is 24.6 Å². The minimum Gasteiger partial charge on any atom is -0.466 e. The van der Waals surface area contributed by atoms with E-state index >= 15 is 0 Å². The Morgan fingerprint density at radius 2 is 1.95 bits per heavy atom. The molecule has 1 N–H and O–H groups in total. The van der Waals surface area contributed by atoms with E-state index in [2.05, 4.69) is 15.4 Å². The highest BCUT2D eigenvalue weighted by Crippen LogP contribution is 2.33. The van der Waals surface area contributed by atoms with Gasteiger partial charge >= 0.3 is 12.0 Å². The van der Waals surface area contributed by atoms with E-state index in [1.165, 1.54) is 29.3 Å². The summed E-state index contributed by atoms with van der Waals surface area (Å²) in [5, 5.41) is 7.35. The highest BCUT2D eigenvalue weighted by Gasteiger charge is 2.37. The fourth-order valence-corrected chi connectivity index (χ4v) is 5.10. The van der Waals surface area contributed by atoms with Crippen molar-refractivity contribution in [3.05, 3.63) is 65.9 Å². The molecule has 202 valence electrons. The standard InChI is InChI=1S/C26H30FN5O5S/c1-4-6-21(17-11-12-28-24(14-17)38(3,35)36)30-26(34)31-16-18(25(33)37-5-2)13-22-23(31)15-29-32(22)20-9-7-19(27)8-10-20/h7-12,14-15,18,21H,4-6,13,16H2,1-3H3,(H,30,34). The van der Waals surface area contributed by atoms with Crippen molar-refractivity contribution in [2.75, 3.05) is 24.3 Å². The summed E-state index contributed by atoms with van der Waals surface area (Å²) in [4.78, 5) is 31.8. The molecule has 1 aliphatic rings. The molecule has 0 radical (unpaired) electrons. The van der Waals surface area contributed by atoms with Crippen LogP contribution in [0.4, 0.5) is 14.9 Å². The molecule has 1 aliphatic heterocycles. The van der Waals surface area contributed by atoms with Crippen LogP contribution >= 0.6 is 0 Å². The van der Waals surface area contributed by atoms with Crippen molar-refractivity contribution in [2.45, 2.75) is 44.2 Å². The van der Waals surface area contributed by atoms with Gasteiger partial charge in [-0.15, -0.1) is 0 Å². The SMILES string of the molecule is CCCC(NC(=O)N1CC(C(=O)OCC)Cc2c1cnn2-c1ccc(F)cc1)c1ccnc(S(C)(=O)=O)c1. The average Bonchev–Trinajstić information content (AvgIpc) is 3.32. The third-order valence-corrected chi connectivity index (χ3v) is 7.32. The van der Waals surface area contributed by atoms with Gasteiger partial charge in [-0.2, -0.15) is 5.10 Å². The van der Waals surface area contributed by atoms with E-state index in [0.717, 1.165) is 12.7 Å². The molecule has 0 saturated carbocycles. The minimum absolute atomic E-state index is 0.0754. The Bertz CT molecular complexity index is 1420. The van der Waals surface area contributed by atoms with Crippen LogP contribution in [0.15, 0.2) is 53.8 Å². The number of carbonyl (C=O) groups excluding carboxylic acids is 2. The first-order valence-corrected chi connectivity index (χ1v) is 14.2. The number of ether oxygens (including phenoxy) is 1. The van der Waals surface area contributed by atoms with Gasteiger partial charge in [0.25, 0.3) is 0 Å². The van der Waals surface area contributed by atoms with Crippen LogP contribution in [0.5, 0.6) is 0 Å². The van der Waals surface area contributed by atoms with Crippen molar-refractivity contribution in [3.63, 3.8) is 0 Å². The molecule has 10 nitrogen and oxygen atoms in total. The van der Waals surface area contributed by atoms with Crippen molar-refractivity contribution in [1.82, 2.24) is 20.1 Å². The fourth-order valence-electron chi connectivity index (χ4n) is 4.50. The van der Waals surface area contributed by atoms with Crippen molar-refractivity contribution < 1.29 is 27.1 Å². The number of halogens is 1. The van der Waals surface area contributed by atoms with Gasteiger partial charge in [0.1, 0.15) is 5.82 Å². The summed E-state index contributed by atoms with van der Waals surface area (Å²) in [5.41, 5.74) is 2.34. The summed E-state index contributed by atoms with van der Waals surface area (Å²) < 4.78 is 44.4. The maximum atomic E-state index is 13.7. The molecule has 2 aromatic heterocycles. The zero-order valence-electron chi connectivity index (χ0n) is 21.4. The molecule has 2 amide bonds. The molecule has 3 heterocycles. The number of nitrogens with zero attached hydrogens (tertiary/aromatic N) is 4. The second-order valence-corrected chi connectivity index (χ2v) is 11.1. The Hall–Kier alpha value is -3.80. The summed E-state index contributed by atoms with van der Waals surface area (Å²) in [5.74, 6) is -1.45. The molecular weight excluding hydrogens is 513 g/mol. The number of benzene rings is 1. The predicted octanol–water partition coefficient (Wildman–Crippen LogP) is 3.60. The van der Waals surface area contributed by atoms with Crippen LogP contribution in [0, 0.1) is 11.7 Å². The number of carbonyl (C=O) groups is 2. The van der Waals surface area contributed by atoms with Crippen LogP contribution in [0.3, 0.4) is 0 Å². The maximum absolute atomic E-state index is 13.7. The quantitative estimate of drug-likeness (QED) is 0.431. The summed E-state index contributed by atoms with van der Waals surface area (Å²) in [7, 11) is -3.53. The van der Waals surface area contributed by atoms with Crippen LogP contribution in [0.2, 0.25) is 0 Å². The lowest BCUT2D eigenvalue weighted by atomic mass is 9.97. The number of sulfone groups is 1. The van der Waals surface area contributed by atoms with Gasteiger partial charge in [-0.25, -0.2) is 27.3 Å². The highest BCUT2D eigenvalue weighted by molar-refractivity contribution is 7.90. The predicted molar refractivity (Wildman–Crippen MR) is 138 cm³/mol. The first-order chi connectivity index (χ1) is 18.1. The number of fused-ring (bicyclic) bond motifs is 1. The van der Waals surface area contributed by atoms with Gasteiger partial charge < -0.3 is 10.1 Å².